The van der Waals surface area contributed by atoms with Gasteiger partial charge in [0.2, 0.25) is 5.91 Å². The Morgan fingerprint density at radius 1 is 1.42 bits per heavy atom. The summed E-state index contributed by atoms with van der Waals surface area (Å²) in [7, 11) is 0. The molecule has 0 saturated carbocycles. The number of benzene rings is 1. The van der Waals surface area contributed by atoms with Gasteiger partial charge in [0, 0.05) is 24.1 Å². The third kappa shape index (κ3) is 2.70. The van der Waals surface area contributed by atoms with E-state index in [0.29, 0.717) is 5.91 Å². The fourth-order valence-electron chi connectivity index (χ4n) is 3.07. The Morgan fingerprint density at radius 2 is 2.32 bits per heavy atom. The van der Waals surface area contributed by atoms with Gasteiger partial charge in [-0.1, -0.05) is 28.1 Å². The van der Waals surface area contributed by atoms with E-state index >= 15 is 0 Å². The summed E-state index contributed by atoms with van der Waals surface area (Å²) in [4.78, 5) is 14.6. The van der Waals surface area contributed by atoms with Crippen molar-refractivity contribution >= 4 is 21.8 Å². The van der Waals surface area contributed by atoms with Crippen molar-refractivity contribution in [3.8, 4) is 0 Å². The molecule has 1 unspecified atom stereocenters. The number of carbonyl (C=O) groups excluding carboxylic acids is 1. The molecule has 4 heteroatoms. The maximum Gasteiger partial charge on any atom is 0.227 e. The van der Waals surface area contributed by atoms with Crippen LogP contribution in [0.4, 0.5) is 0 Å². The van der Waals surface area contributed by atoms with Crippen molar-refractivity contribution in [1.82, 2.24) is 10.2 Å². The highest BCUT2D eigenvalue weighted by molar-refractivity contribution is 9.10. The van der Waals surface area contributed by atoms with Crippen LogP contribution in [0.5, 0.6) is 0 Å². The molecule has 3 rings (SSSR count). The second-order valence-corrected chi connectivity index (χ2v) is 6.28. The summed E-state index contributed by atoms with van der Waals surface area (Å²) in [6.45, 7) is 3.52. The smallest absolute Gasteiger partial charge is 0.227 e. The second kappa shape index (κ2) is 5.63. The molecule has 3 nitrogen and oxygen atoms in total. The van der Waals surface area contributed by atoms with Crippen LogP contribution in [-0.2, 0) is 17.8 Å². The maximum atomic E-state index is 12.5. The maximum absolute atomic E-state index is 12.5. The topological polar surface area (TPSA) is 32.3 Å². The number of fused-ring (bicyclic) bond motifs is 1. The summed E-state index contributed by atoms with van der Waals surface area (Å²) in [5, 5.41) is 3.33. The van der Waals surface area contributed by atoms with Gasteiger partial charge in [-0.3, -0.25) is 4.79 Å². The Kier molecular flexibility index (Phi) is 3.89. The number of amides is 1. The average Bonchev–Trinajstić information content (AvgIpc) is 2.47. The van der Waals surface area contributed by atoms with Crippen LogP contribution in [-0.4, -0.2) is 30.4 Å². The molecule has 2 aliphatic heterocycles. The first-order valence-electron chi connectivity index (χ1n) is 7.01. The minimum atomic E-state index is 0.183. The average molecular weight is 323 g/mol. The van der Waals surface area contributed by atoms with Crippen LogP contribution in [0, 0.1) is 5.92 Å². The van der Waals surface area contributed by atoms with E-state index in [9.17, 15) is 4.79 Å². The highest BCUT2D eigenvalue weighted by Crippen LogP contribution is 2.27. The third-order valence-corrected chi connectivity index (χ3v) is 4.91. The van der Waals surface area contributed by atoms with E-state index in [0.717, 1.165) is 45.4 Å². The predicted molar refractivity (Wildman–Crippen MR) is 78.9 cm³/mol. The number of rotatable bonds is 1. The van der Waals surface area contributed by atoms with Crippen molar-refractivity contribution in [2.45, 2.75) is 25.8 Å². The molecule has 102 valence electrons. The Hall–Kier alpha value is -0.870. The molecule has 0 aliphatic carbocycles. The molecule has 19 heavy (non-hydrogen) atoms. The molecule has 0 bridgehead atoms. The van der Waals surface area contributed by atoms with Crippen molar-refractivity contribution in [3.05, 3.63) is 33.8 Å². The van der Waals surface area contributed by atoms with E-state index in [2.05, 4.69) is 39.4 Å². The second-order valence-electron chi connectivity index (χ2n) is 5.43. The third-order valence-electron chi connectivity index (χ3n) is 4.17. The molecular formula is C15H19BrN2O. The number of nitrogens with zero attached hydrogens (tertiary/aromatic N) is 1. The largest absolute Gasteiger partial charge is 0.338 e. The molecule has 0 aromatic heterocycles. The monoisotopic (exact) mass is 322 g/mol. The first-order chi connectivity index (χ1) is 9.25. The van der Waals surface area contributed by atoms with E-state index in [4.69, 9.17) is 0 Å². The summed E-state index contributed by atoms with van der Waals surface area (Å²) < 4.78 is 1.18. The van der Waals surface area contributed by atoms with Gasteiger partial charge in [-0.05, 0) is 43.0 Å². The van der Waals surface area contributed by atoms with Gasteiger partial charge < -0.3 is 10.2 Å². The summed E-state index contributed by atoms with van der Waals surface area (Å²) >= 11 is 3.60. The normalized spacial score (nSPS) is 23.0. The number of halogens is 1. The van der Waals surface area contributed by atoms with E-state index in [1.165, 1.54) is 15.6 Å². The number of piperidine rings is 1. The first-order valence-corrected chi connectivity index (χ1v) is 7.81. The van der Waals surface area contributed by atoms with Crippen LogP contribution in [0.15, 0.2) is 22.7 Å². The van der Waals surface area contributed by atoms with Crippen molar-refractivity contribution in [3.63, 3.8) is 0 Å². The molecule has 1 fully saturated rings. The summed E-state index contributed by atoms with van der Waals surface area (Å²) in [5.41, 5.74) is 2.66. The minimum Gasteiger partial charge on any atom is -0.338 e. The molecule has 1 atom stereocenters. The summed E-state index contributed by atoms with van der Waals surface area (Å²) in [6.07, 6.45) is 3.11. The van der Waals surface area contributed by atoms with E-state index in [1.807, 2.05) is 4.90 Å². The zero-order valence-electron chi connectivity index (χ0n) is 11.0. The van der Waals surface area contributed by atoms with E-state index < -0.39 is 0 Å². The Morgan fingerprint density at radius 3 is 3.11 bits per heavy atom. The van der Waals surface area contributed by atoms with Crippen LogP contribution in [0.2, 0.25) is 0 Å². The Balaban J connectivity index is 1.73. The van der Waals surface area contributed by atoms with Gasteiger partial charge in [-0.25, -0.2) is 0 Å². The van der Waals surface area contributed by atoms with Crippen LogP contribution < -0.4 is 5.32 Å². The van der Waals surface area contributed by atoms with Crippen molar-refractivity contribution in [2.24, 2.45) is 5.92 Å². The minimum absolute atomic E-state index is 0.183. The fraction of sp³-hybridized carbons (Fsp3) is 0.533. The first kappa shape index (κ1) is 13.1. The molecule has 1 aromatic carbocycles. The lowest BCUT2D eigenvalue weighted by molar-refractivity contribution is -0.137. The number of hydrogen-bond acceptors (Lipinski definition) is 2. The van der Waals surface area contributed by atoms with Gasteiger partial charge in [0.1, 0.15) is 0 Å². The summed E-state index contributed by atoms with van der Waals surface area (Å²) in [5.74, 6) is 0.514. The van der Waals surface area contributed by atoms with Crippen molar-refractivity contribution in [2.75, 3.05) is 19.6 Å². The molecule has 1 saturated heterocycles. The predicted octanol–water partition coefficient (Wildman–Crippen LogP) is 2.33. The summed E-state index contributed by atoms with van der Waals surface area (Å²) in [6, 6.07) is 6.28. The van der Waals surface area contributed by atoms with Gasteiger partial charge in [0.25, 0.3) is 0 Å². The quantitative estimate of drug-likeness (QED) is 0.860. The standard InChI is InChI=1S/C15H19BrN2O/c16-14-5-1-3-12-10-18(8-6-13(12)14)15(19)11-4-2-7-17-9-11/h1,3,5,11,17H,2,4,6-10H2. The lowest BCUT2D eigenvalue weighted by atomic mass is 9.95. The van der Waals surface area contributed by atoms with E-state index in [-0.39, 0.29) is 5.92 Å². The van der Waals surface area contributed by atoms with Crippen LogP contribution in [0.3, 0.4) is 0 Å². The Labute approximate surface area is 122 Å². The fourth-order valence-corrected chi connectivity index (χ4v) is 3.68. The lowest BCUT2D eigenvalue weighted by Crippen LogP contribution is -2.44. The molecule has 1 aromatic rings. The van der Waals surface area contributed by atoms with Gasteiger partial charge in [0.15, 0.2) is 0 Å². The number of hydrogen-bond donors (Lipinski definition) is 1. The molecule has 2 aliphatic rings. The van der Waals surface area contributed by atoms with Gasteiger partial charge in [-0.2, -0.15) is 0 Å². The van der Waals surface area contributed by atoms with E-state index in [1.54, 1.807) is 0 Å². The highest BCUT2D eigenvalue weighted by atomic mass is 79.9. The zero-order chi connectivity index (χ0) is 13.2. The van der Waals surface area contributed by atoms with Gasteiger partial charge >= 0.3 is 0 Å². The SMILES string of the molecule is O=C(C1CCCNC1)N1CCc2c(Br)cccc2C1. The van der Waals surface area contributed by atoms with Crippen LogP contribution in [0.25, 0.3) is 0 Å². The lowest BCUT2D eigenvalue weighted by Gasteiger charge is -2.33. The number of nitrogens with one attached hydrogen (secondary N) is 1. The van der Waals surface area contributed by atoms with Crippen molar-refractivity contribution in [1.29, 1.82) is 0 Å². The van der Waals surface area contributed by atoms with Gasteiger partial charge in [-0.15, -0.1) is 0 Å². The zero-order valence-corrected chi connectivity index (χ0v) is 12.6. The van der Waals surface area contributed by atoms with Crippen molar-refractivity contribution < 1.29 is 4.79 Å². The van der Waals surface area contributed by atoms with Crippen LogP contribution in [0.1, 0.15) is 24.0 Å². The van der Waals surface area contributed by atoms with Gasteiger partial charge in [0.05, 0.1) is 5.92 Å². The molecule has 0 radical (unpaired) electrons. The van der Waals surface area contributed by atoms with Crippen LogP contribution >= 0.6 is 15.9 Å². The number of carbonyl (C=O) groups is 1. The highest BCUT2D eigenvalue weighted by Gasteiger charge is 2.28. The molecule has 0 spiro atoms. The molecular weight excluding hydrogens is 304 g/mol. The molecule has 2 heterocycles. The molecule has 1 amide bonds. The molecule has 1 N–H and O–H groups in total. The Bertz CT molecular complexity index is 483.